The summed E-state index contributed by atoms with van der Waals surface area (Å²) in [5.74, 6) is 0.630. The zero-order valence-electron chi connectivity index (χ0n) is 12.7. The minimum Gasteiger partial charge on any atom is -0.462 e. The summed E-state index contributed by atoms with van der Waals surface area (Å²) in [5.41, 5.74) is 3.50. The first-order valence-corrected chi connectivity index (χ1v) is 6.85. The smallest absolute Gasteiger partial charge is 0.343 e. The SMILES string of the molecule is CCOC(=O)c1cnc(C)nc1Nc1cc(C)cc(C)c1. The van der Waals surface area contributed by atoms with Crippen molar-refractivity contribution in [2.75, 3.05) is 11.9 Å². The fourth-order valence-electron chi connectivity index (χ4n) is 2.11. The molecule has 5 nitrogen and oxygen atoms in total. The van der Waals surface area contributed by atoms with E-state index in [1.54, 1.807) is 13.8 Å². The summed E-state index contributed by atoms with van der Waals surface area (Å²) < 4.78 is 5.03. The van der Waals surface area contributed by atoms with Gasteiger partial charge in [0.15, 0.2) is 0 Å². The summed E-state index contributed by atoms with van der Waals surface area (Å²) in [6.07, 6.45) is 1.49. The molecule has 0 atom stereocenters. The van der Waals surface area contributed by atoms with Crippen molar-refractivity contribution in [3.63, 3.8) is 0 Å². The molecule has 0 radical (unpaired) electrons. The Kier molecular flexibility index (Phi) is 4.52. The van der Waals surface area contributed by atoms with Crippen LogP contribution in [0.5, 0.6) is 0 Å². The van der Waals surface area contributed by atoms with Crippen LogP contribution in [0.1, 0.15) is 34.2 Å². The summed E-state index contributed by atoms with van der Waals surface area (Å²) >= 11 is 0. The molecule has 0 aliphatic carbocycles. The van der Waals surface area contributed by atoms with Gasteiger partial charge in [0.1, 0.15) is 17.2 Å². The average molecular weight is 285 g/mol. The van der Waals surface area contributed by atoms with Crippen LogP contribution in [0.4, 0.5) is 11.5 Å². The van der Waals surface area contributed by atoms with Crippen molar-refractivity contribution >= 4 is 17.5 Å². The number of aryl methyl sites for hydroxylation is 3. The summed E-state index contributed by atoms with van der Waals surface area (Å²) in [4.78, 5) is 20.3. The molecule has 0 saturated carbocycles. The quantitative estimate of drug-likeness (QED) is 0.873. The third kappa shape index (κ3) is 3.78. The van der Waals surface area contributed by atoms with Gasteiger partial charge < -0.3 is 10.1 Å². The van der Waals surface area contributed by atoms with Gasteiger partial charge >= 0.3 is 5.97 Å². The van der Waals surface area contributed by atoms with Gasteiger partial charge in [-0.15, -0.1) is 0 Å². The fraction of sp³-hybridized carbons (Fsp3) is 0.312. The van der Waals surface area contributed by atoms with Crippen LogP contribution in [-0.4, -0.2) is 22.5 Å². The molecule has 0 aliphatic heterocycles. The predicted molar refractivity (Wildman–Crippen MR) is 81.9 cm³/mol. The monoisotopic (exact) mass is 285 g/mol. The second-order valence-electron chi connectivity index (χ2n) is 4.90. The highest BCUT2D eigenvalue weighted by Gasteiger charge is 2.15. The summed E-state index contributed by atoms with van der Waals surface area (Å²) in [6.45, 7) is 7.91. The highest BCUT2D eigenvalue weighted by molar-refractivity contribution is 5.95. The van der Waals surface area contributed by atoms with Crippen LogP contribution in [0, 0.1) is 20.8 Å². The molecule has 5 heteroatoms. The van der Waals surface area contributed by atoms with Gasteiger partial charge in [0.25, 0.3) is 0 Å². The molecule has 1 N–H and O–H groups in total. The number of hydrogen-bond acceptors (Lipinski definition) is 5. The average Bonchev–Trinajstić information content (AvgIpc) is 2.37. The number of hydrogen-bond donors (Lipinski definition) is 1. The van der Waals surface area contributed by atoms with Crippen LogP contribution < -0.4 is 5.32 Å². The van der Waals surface area contributed by atoms with E-state index in [-0.39, 0.29) is 0 Å². The number of nitrogens with zero attached hydrogens (tertiary/aromatic N) is 2. The normalized spacial score (nSPS) is 10.3. The van der Waals surface area contributed by atoms with Crippen molar-refractivity contribution in [2.24, 2.45) is 0 Å². The number of nitrogens with one attached hydrogen (secondary N) is 1. The molecule has 1 aromatic carbocycles. The minimum absolute atomic E-state index is 0.315. The Balaban J connectivity index is 2.38. The van der Waals surface area contributed by atoms with Crippen LogP contribution in [0.2, 0.25) is 0 Å². The molecule has 0 fully saturated rings. The van der Waals surface area contributed by atoms with Crippen molar-refractivity contribution in [3.8, 4) is 0 Å². The Morgan fingerprint density at radius 1 is 1.19 bits per heavy atom. The molecule has 0 bridgehead atoms. The molecule has 2 aromatic rings. The highest BCUT2D eigenvalue weighted by Crippen LogP contribution is 2.21. The fourth-order valence-corrected chi connectivity index (χ4v) is 2.11. The van der Waals surface area contributed by atoms with Crippen LogP contribution >= 0.6 is 0 Å². The number of anilines is 2. The Morgan fingerprint density at radius 2 is 1.86 bits per heavy atom. The van der Waals surface area contributed by atoms with Gasteiger partial charge in [0.2, 0.25) is 0 Å². The van der Waals surface area contributed by atoms with Gasteiger partial charge in [0, 0.05) is 11.9 Å². The number of rotatable bonds is 4. The lowest BCUT2D eigenvalue weighted by atomic mass is 10.1. The maximum Gasteiger partial charge on any atom is 0.343 e. The summed E-state index contributed by atoms with van der Waals surface area (Å²) in [5, 5.41) is 3.18. The van der Waals surface area contributed by atoms with E-state index < -0.39 is 5.97 Å². The molecule has 110 valence electrons. The minimum atomic E-state index is -0.427. The lowest BCUT2D eigenvalue weighted by Gasteiger charge is -2.12. The second kappa shape index (κ2) is 6.35. The molecule has 0 unspecified atom stereocenters. The van der Waals surface area contributed by atoms with Crippen LogP contribution in [0.3, 0.4) is 0 Å². The highest BCUT2D eigenvalue weighted by atomic mass is 16.5. The zero-order chi connectivity index (χ0) is 15.4. The molecule has 0 spiro atoms. The molecule has 0 amide bonds. The Bertz CT molecular complexity index is 648. The van der Waals surface area contributed by atoms with E-state index in [0.717, 1.165) is 16.8 Å². The van der Waals surface area contributed by atoms with E-state index >= 15 is 0 Å². The largest absolute Gasteiger partial charge is 0.462 e. The number of benzene rings is 1. The number of ether oxygens (including phenoxy) is 1. The van der Waals surface area contributed by atoms with Gasteiger partial charge in [-0.05, 0) is 51.0 Å². The topological polar surface area (TPSA) is 64.1 Å². The third-order valence-corrected chi connectivity index (χ3v) is 2.89. The zero-order valence-corrected chi connectivity index (χ0v) is 12.7. The molecule has 2 rings (SSSR count). The molecule has 1 aromatic heterocycles. The van der Waals surface area contributed by atoms with Gasteiger partial charge in [-0.3, -0.25) is 0 Å². The van der Waals surface area contributed by atoms with Crippen LogP contribution in [-0.2, 0) is 4.74 Å². The van der Waals surface area contributed by atoms with Gasteiger partial charge in [-0.1, -0.05) is 6.07 Å². The van der Waals surface area contributed by atoms with Crippen molar-refractivity contribution in [2.45, 2.75) is 27.7 Å². The van der Waals surface area contributed by atoms with Crippen molar-refractivity contribution in [1.82, 2.24) is 9.97 Å². The third-order valence-electron chi connectivity index (χ3n) is 2.89. The molecule has 1 heterocycles. The lowest BCUT2D eigenvalue weighted by Crippen LogP contribution is -2.11. The molecule has 0 aliphatic rings. The van der Waals surface area contributed by atoms with Gasteiger partial charge in [-0.2, -0.15) is 0 Å². The molecule has 21 heavy (non-hydrogen) atoms. The summed E-state index contributed by atoms with van der Waals surface area (Å²) in [6, 6.07) is 6.08. The second-order valence-corrected chi connectivity index (χ2v) is 4.90. The number of carbonyl (C=O) groups is 1. The molecule has 0 saturated heterocycles. The number of carbonyl (C=O) groups excluding carboxylic acids is 1. The first kappa shape index (κ1) is 15.0. The Morgan fingerprint density at radius 3 is 2.48 bits per heavy atom. The predicted octanol–water partition coefficient (Wildman–Crippen LogP) is 3.32. The number of aromatic nitrogens is 2. The van der Waals surface area contributed by atoms with Crippen molar-refractivity contribution in [1.29, 1.82) is 0 Å². The summed E-state index contributed by atoms with van der Waals surface area (Å²) in [7, 11) is 0. The first-order chi connectivity index (χ1) is 9.99. The first-order valence-electron chi connectivity index (χ1n) is 6.85. The standard InChI is InChI=1S/C16H19N3O2/c1-5-21-16(20)14-9-17-12(4)18-15(14)19-13-7-10(2)6-11(3)8-13/h6-9H,5H2,1-4H3,(H,17,18,19). The Hall–Kier alpha value is -2.43. The van der Waals surface area contributed by atoms with Gasteiger partial charge in [0.05, 0.1) is 6.61 Å². The Labute approximate surface area is 124 Å². The maximum atomic E-state index is 12.0. The molecular weight excluding hydrogens is 266 g/mol. The maximum absolute atomic E-state index is 12.0. The lowest BCUT2D eigenvalue weighted by molar-refractivity contribution is 0.0526. The molecular formula is C16H19N3O2. The van der Waals surface area contributed by atoms with E-state index in [1.807, 2.05) is 26.0 Å². The van der Waals surface area contributed by atoms with Crippen molar-refractivity contribution < 1.29 is 9.53 Å². The van der Waals surface area contributed by atoms with Crippen LogP contribution in [0.25, 0.3) is 0 Å². The van der Waals surface area contributed by atoms with Gasteiger partial charge in [-0.25, -0.2) is 14.8 Å². The van der Waals surface area contributed by atoms with E-state index in [4.69, 9.17) is 4.74 Å². The van der Waals surface area contributed by atoms with E-state index in [1.165, 1.54) is 6.20 Å². The van der Waals surface area contributed by atoms with Crippen molar-refractivity contribution in [3.05, 3.63) is 46.9 Å². The van der Waals surface area contributed by atoms with E-state index in [2.05, 4.69) is 21.4 Å². The van der Waals surface area contributed by atoms with Crippen LogP contribution in [0.15, 0.2) is 24.4 Å². The van der Waals surface area contributed by atoms with E-state index in [9.17, 15) is 4.79 Å². The number of esters is 1. The van der Waals surface area contributed by atoms with E-state index in [0.29, 0.717) is 23.8 Å².